The molecule has 1 rings (SSSR count). The Morgan fingerprint density at radius 2 is 2.56 bits per heavy atom. The molecule has 0 aliphatic carbocycles. The van der Waals surface area contributed by atoms with Gasteiger partial charge in [0, 0.05) is 6.92 Å². The Kier molecular flexibility index (Phi) is 1.38. The molecule has 1 aliphatic heterocycles. The van der Waals surface area contributed by atoms with Gasteiger partial charge in [-0.3, -0.25) is 9.59 Å². The van der Waals surface area contributed by atoms with E-state index in [1.54, 1.807) is 0 Å². The van der Waals surface area contributed by atoms with Crippen molar-refractivity contribution in [3.05, 3.63) is 6.42 Å². The van der Waals surface area contributed by atoms with E-state index in [0.717, 1.165) is 5.06 Å². The Bertz CT molecular complexity index is 154. The number of hydrogen-bond donors (Lipinski definition) is 0. The number of nitrogens with zero attached hydrogens (tertiary/aromatic N) is 1. The zero-order chi connectivity index (χ0) is 6.85. The van der Waals surface area contributed by atoms with Crippen LogP contribution in [0.2, 0.25) is 0 Å². The van der Waals surface area contributed by atoms with Crippen LogP contribution in [-0.4, -0.2) is 23.5 Å². The lowest BCUT2D eigenvalue weighted by Crippen LogP contribution is -2.44. The minimum Gasteiger partial charge on any atom is -0.338 e. The largest absolute Gasteiger partial charge is 0.338 e. The summed E-state index contributed by atoms with van der Waals surface area (Å²) in [7, 11) is 0. The van der Waals surface area contributed by atoms with Gasteiger partial charge in [-0.15, -0.1) is 0 Å². The van der Waals surface area contributed by atoms with Gasteiger partial charge in [0.05, 0.1) is 13.0 Å². The van der Waals surface area contributed by atoms with Crippen LogP contribution in [0.5, 0.6) is 0 Å². The van der Waals surface area contributed by atoms with E-state index in [1.807, 2.05) is 0 Å². The molecule has 1 saturated heterocycles. The van der Waals surface area contributed by atoms with E-state index in [1.165, 1.54) is 13.3 Å². The van der Waals surface area contributed by atoms with E-state index in [0.29, 0.717) is 6.54 Å². The van der Waals surface area contributed by atoms with Gasteiger partial charge in [0.1, 0.15) is 0 Å². The Morgan fingerprint density at radius 3 is 2.67 bits per heavy atom. The summed E-state index contributed by atoms with van der Waals surface area (Å²) in [4.78, 5) is 24.9. The maximum Gasteiger partial charge on any atom is 0.329 e. The second-order valence-corrected chi connectivity index (χ2v) is 1.69. The van der Waals surface area contributed by atoms with Gasteiger partial charge in [0.25, 0.3) is 5.91 Å². The molecular formula is C5H6NO3. The first-order valence-corrected chi connectivity index (χ1v) is 2.53. The molecule has 1 amide bonds. The zero-order valence-electron chi connectivity index (χ0n) is 4.96. The molecule has 0 atom stereocenters. The summed E-state index contributed by atoms with van der Waals surface area (Å²) in [5.74, 6) is -0.707. The fourth-order valence-electron chi connectivity index (χ4n) is 0.478. The lowest BCUT2D eigenvalue weighted by Gasteiger charge is -2.26. The van der Waals surface area contributed by atoms with Crippen LogP contribution in [0, 0.1) is 6.42 Å². The Labute approximate surface area is 52.3 Å². The molecule has 1 heterocycles. The van der Waals surface area contributed by atoms with Gasteiger partial charge < -0.3 is 4.84 Å². The van der Waals surface area contributed by atoms with Crippen LogP contribution < -0.4 is 0 Å². The molecule has 0 aromatic carbocycles. The Balaban J connectivity index is 2.29. The van der Waals surface area contributed by atoms with Crippen LogP contribution in [0.4, 0.5) is 0 Å². The molecule has 0 aromatic rings. The standard InChI is InChI=1S/C5H6NO3/c1-4(7)9-6-3-2-5(6)8/h2H,3H2,1H3. The third kappa shape index (κ3) is 1.19. The first kappa shape index (κ1) is 6.07. The van der Waals surface area contributed by atoms with Crippen molar-refractivity contribution in [2.75, 3.05) is 6.54 Å². The van der Waals surface area contributed by atoms with Gasteiger partial charge in [0.15, 0.2) is 0 Å². The highest BCUT2D eigenvalue weighted by Gasteiger charge is 2.26. The van der Waals surface area contributed by atoms with Crippen molar-refractivity contribution in [1.29, 1.82) is 0 Å². The normalized spacial score (nSPS) is 17.0. The van der Waals surface area contributed by atoms with E-state index < -0.39 is 5.97 Å². The third-order valence-corrected chi connectivity index (χ3v) is 0.916. The molecule has 0 saturated carbocycles. The van der Waals surface area contributed by atoms with Gasteiger partial charge >= 0.3 is 5.97 Å². The van der Waals surface area contributed by atoms with E-state index in [9.17, 15) is 9.59 Å². The van der Waals surface area contributed by atoms with Crippen molar-refractivity contribution < 1.29 is 14.4 Å². The SMILES string of the molecule is CC(=O)ON1C[CH]C1=O. The van der Waals surface area contributed by atoms with E-state index in [-0.39, 0.29) is 5.91 Å². The van der Waals surface area contributed by atoms with Crippen molar-refractivity contribution in [3.8, 4) is 0 Å². The third-order valence-electron chi connectivity index (χ3n) is 0.916. The molecule has 49 valence electrons. The number of hydrogen-bond acceptors (Lipinski definition) is 3. The van der Waals surface area contributed by atoms with Gasteiger partial charge in [-0.2, -0.15) is 5.06 Å². The van der Waals surface area contributed by atoms with Crippen LogP contribution in [-0.2, 0) is 14.4 Å². The number of carbonyl (C=O) groups excluding carboxylic acids is 2. The summed E-state index contributed by atoms with van der Waals surface area (Å²) in [5.41, 5.74) is 0. The minimum atomic E-state index is -0.462. The van der Waals surface area contributed by atoms with E-state index >= 15 is 0 Å². The summed E-state index contributed by atoms with van der Waals surface area (Å²) in [6, 6.07) is 0. The first-order valence-electron chi connectivity index (χ1n) is 2.53. The quantitative estimate of drug-likeness (QED) is 0.448. The molecule has 1 aliphatic rings. The first-order chi connectivity index (χ1) is 4.20. The lowest BCUT2D eigenvalue weighted by atomic mass is 10.3. The summed E-state index contributed by atoms with van der Waals surface area (Å²) in [5, 5.41) is 1.00. The highest BCUT2D eigenvalue weighted by molar-refractivity contribution is 5.90. The number of rotatable bonds is 1. The number of carbonyl (C=O) groups is 2. The molecule has 1 fully saturated rings. The van der Waals surface area contributed by atoms with Crippen molar-refractivity contribution >= 4 is 11.9 Å². The van der Waals surface area contributed by atoms with Crippen molar-refractivity contribution in [1.82, 2.24) is 5.06 Å². The summed E-state index contributed by atoms with van der Waals surface area (Å²) < 4.78 is 0. The number of hydroxylamine groups is 2. The molecule has 1 radical (unpaired) electrons. The topological polar surface area (TPSA) is 46.6 Å². The molecular weight excluding hydrogens is 122 g/mol. The van der Waals surface area contributed by atoms with Crippen molar-refractivity contribution in [3.63, 3.8) is 0 Å². The summed E-state index contributed by atoms with van der Waals surface area (Å²) in [6.07, 6.45) is 1.43. The predicted octanol–water partition coefficient (Wildman–Crippen LogP) is -0.489. The van der Waals surface area contributed by atoms with Crippen molar-refractivity contribution in [2.45, 2.75) is 6.92 Å². The molecule has 0 spiro atoms. The van der Waals surface area contributed by atoms with Gasteiger partial charge in [-0.05, 0) is 0 Å². The molecule has 0 aromatic heterocycles. The Hall–Kier alpha value is -1.06. The van der Waals surface area contributed by atoms with E-state index in [2.05, 4.69) is 4.84 Å². The van der Waals surface area contributed by atoms with Crippen LogP contribution >= 0.6 is 0 Å². The highest BCUT2D eigenvalue weighted by Crippen LogP contribution is 2.06. The van der Waals surface area contributed by atoms with Crippen LogP contribution in [0.1, 0.15) is 6.92 Å². The molecule has 4 heteroatoms. The van der Waals surface area contributed by atoms with Gasteiger partial charge in [-0.1, -0.05) is 0 Å². The molecule has 4 nitrogen and oxygen atoms in total. The minimum absolute atomic E-state index is 0.245. The Morgan fingerprint density at radius 1 is 1.89 bits per heavy atom. The van der Waals surface area contributed by atoms with Crippen molar-refractivity contribution in [2.24, 2.45) is 0 Å². The van der Waals surface area contributed by atoms with E-state index in [4.69, 9.17) is 0 Å². The predicted molar refractivity (Wildman–Crippen MR) is 27.8 cm³/mol. The van der Waals surface area contributed by atoms with Gasteiger partial charge in [0.2, 0.25) is 0 Å². The molecule has 0 unspecified atom stereocenters. The second-order valence-electron chi connectivity index (χ2n) is 1.69. The molecule has 0 N–H and O–H groups in total. The average molecular weight is 128 g/mol. The van der Waals surface area contributed by atoms with Crippen LogP contribution in [0.15, 0.2) is 0 Å². The maximum absolute atomic E-state index is 10.4. The summed E-state index contributed by atoms with van der Waals surface area (Å²) >= 11 is 0. The highest BCUT2D eigenvalue weighted by atomic mass is 16.7. The maximum atomic E-state index is 10.4. The number of amides is 1. The fraction of sp³-hybridized carbons (Fsp3) is 0.400. The summed E-state index contributed by atoms with van der Waals surface area (Å²) in [6.45, 7) is 1.67. The lowest BCUT2D eigenvalue weighted by molar-refractivity contribution is -0.202. The second kappa shape index (κ2) is 2.05. The zero-order valence-corrected chi connectivity index (χ0v) is 4.96. The smallest absolute Gasteiger partial charge is 0.329 e. The monoisotopic (exact) mass is 128 g/mol. The molecule has 9 heavy (non-hydrogen) atoms. The molecule has 0 bridgehead atoms. The van der Waals surface area contributed by atoms with Crippen LogP contribution in [0.3, 0.4) is 0 Å². The fourth-order valence-corrected chi connectivity index (χ4v) is 0.478. The van der Waals surface area contributed by atoms with Crippen LogP contribution in [0.25, 0.3) is 0 Å². The number of β-lactam (4-membered cyclic amide) rings is 1. The average Bonchev–Trinajstić information content (AvgIpc) is 1.79. The van der Waals surface area contributed by atoms with Gasteiger partial charge in [-0.25, -0.2) is 0 Å².